The lowest BCUT2D eigenvalue weighted by atomic mass is 9.98. The van der Waals surface area contributed by atoms with Gasteiger partial charge in [0.25, 0.3) is 0 Å². The third kappa shape index (κ3) is 5.92. The molecule has 176 valence electrons. The summed E-state index contributed by atoms with van der Waals surface area (Å²) in [5.74, 6) is 1.13. The summed E-state index contributed by atoms with van der Waals surface area (Å²) in [7, 11) is 0. The molecule has 0 atom stereocenters. The summed E-state index contributed by atoms with van der Waals surface area (Å²) >= 11 is 0. The number of benzene rings is 2. The zero-order valence-corrected chi connectivity index (χ0v) is 19.6. The van der Waals surface area contributed by atoms with E-state index in [1.807, 2.05) is 26.0 Å². The van der Waals surface area contributed by atoms with Crippen molar-refractivity contribution in [1.29, 1.82) is 0 Å². The van der Waals surface area contributed by atoms with Gasteiger partial charge in [-0.1, -0.05) is 24.3 Å². The number of carbonyl (C=O) groups excluding carboxylic acids is 1. The third-order valence-electron chi connectivity index (χ3n) is 5.86. The van der Waals surface area contributed by atoms with Gasteiger partial charge in [0.2, 0.25) is 5.91 Å². The van der Waals surface area contributed by atoms with Crippen LogP contribution < -0.4 is 14.8 Å². The molecule has 0 radical (unpaired) electrons. The number of morpholine rings is 1. The van der Waals surface area contributed by atoms with Crippen LogP contribution in [0.5, 0.6) is 11.5 Å². The topological polar surface area (TPSA) is 72.4 Å². The van der Waals surface area contributed by atoms with E-state index in [9.17, 15) is 4.79 Å². The Labute approximate surface area is 195 Å². The van der Waals surface area contributed by atoms with Gasteiger partial charge >= 0.3 is 0 Å². The Balaban J connectivity index is 1.53. The minimum atomic E-state index is -0.141. The van der Waals surface area contributed by atoms with Crippen LogP contribution >= 0.6 is 0 Å². The Kier molecular flexibility index (Phi) is 7.96. The van der Waals surface area contributed by atoms with Gasteiger partial charge in [-0.05, 0) is 44.9 Å². The molecule has 0 spiro atoms. The number of benzodiazepines with no additional fused rings is 1. The van der Waals surface area contributed by atoms with Gasteiger partial charge in [-0.3, -0.25) is 14.7 Å². The van der Waals surface area contributed by atoms with Crippen molar-refractivity contribution in [1.82, 2.24) is 4.90 Å². The van der Waals surface area contributed by atoms with Crippen molar-refractivity contribution in [3.63, 3.8) is 0 Å². The maximum absolute atomic E-state index is 12.3. The van der Waals surface area contributed by atoms with Crippen LogP contribution in [0, 0.1) is 0 Å². The molecule has 4 rings (SSSR count). The molecule has 0 unspecified atom stereocenters. The maximum Gasteiger partial charge on any atom is 0.246 e. The van der Waals surface area contributed by atoms with Crippen molar-refractivity contribution >= 4 is 17.3 Å². The Morgan fingerprint density at radius 1 is 1.03 bits per heavy atom. The number of aryl methyl sites for hydroxylation is 1. The molecule has 7 nitrogen and oxygen atoms in total. The first kappa shape index (κ1) is 23.3. The number of nitrogens with zero attached hydrogens (tertiary/aromatic N) is 2. The van der Waals surface area contributed by atoms with Crippen molar-refractivity contribution in [2.24, 2.45) is 4.99 Å². The molecule has 2 aromatic rings. The summed E-state index contributed by atoms with van der Waals surface area (Å²) in [6.45, 7) is 9.82. The molecule has 2 aromatic carbocycles. The number of nitrogens with one attached hydrogen (secondary N) is 1. The van der Waals surface area contributed by atoms with Crippen LogP contribution in [0.25, 0.3) is 0 Å². The fourth-order valence-electron chi connectivity index (χ4n) is 4.23. The highest BCUT2D eigenvalue weighted by atomic mass is 16.5. The highest BCUT2D eigenvalue weighted by Gasteiger charge is 2.22. The summed E-state index contributed by atoms with van der Waals surface area (Å²) in [5.41, 5.74) is 4.60. The highest BCUT2D eigenvalue weighted by Crippen LogP contribution is 2.36. The zero-order chi connectivity index (χ0) is 23.0. The first-order chi connectivity index (χ1) is 16.2. The zero-order valence-electron chi connectivity index (χ0n) is 19.6. The maximum atomic E-state index is 12.3. The largest absolute Gasteiger partial charge is 0.490 e. The normalized spacial score (nSPS) is 16.4. The van der Waals surface area contributed by atoms with Gasteiger partial charge in [0.1, 0.15) is 6.54 Å². The van der Waals surface area contributed by atoms with E-state index in [2.05, 4.69) is 39.5 Å². The lowest BCUT2D eigenvalue weighted by molar-refractivity contribution is -0.114. The molecule has 0 aromatic heterocycles. The van der Waals surface area contributed by atoms with E-state index < -0.39 is 0 Å². The number of aliphatic imine (C=N–C) groups is 1. The average molecular weight is 452 g/mol. The lowest BCUT2D eigenvalue weighted by Gasteiger charge is -2.26. The van der Waals surface area contributed by atoms with E-state index in [1.165, 1.54) is 5.56 Å². The smallest absolute Gasteiger partial charge is 0.246 e. The predicted octanol–water partition coefficient (Wildman–Crippen LogP) is 3.54. The monoisotopic (exact) mass is 451 g/mol. The SMILES string of the molecule is CCOc1cc2c(cc1OCC)C(c1ccc(CCCN3CCOCC3)cc1)=NCC(=O)N2. The summed E-state index contributed by atoms with van der Waals surface area (Å²) in [5, 5.41) is 2.96. The molecule has 1 N–H and O–H groups in total. The summed E-state index contributed by atoms with van der Waals surface area (Å²) in [6.07, 6.45) is 2.16. The van der Waals surface area contributed by atoms with Crippen LogP contribution in [-0.4, -0.2) is 69.1 Å². The molecule has 7 heteroatoms. The minimum absolute atomic E-state index is 0.0826. The van der Waals surface area contributed by atoms with Crippen molar-refractivity contribution in [3.05, 3.63) is 53.1 Å². The second kappa shape index (κ2) is 11.3. The second-order valence-electron chi connectivity index (χ2n) is 8.18. The molecule has 0 saturated carbocycles. The van der Waals surface area contributed by atoms with E-state index in [-0.39, 0.29) is 12.5 Å². The van der Waals surface area contributed by atoms with Crippen LogP contribution in [-0.2, 0) is 16.0 Å². The molecule has 1 amide bonds. The Hall–Kier alpha value is -2.90. The number of anilines is 1. The number of rotatable bonds is 9. The number of ether oxygens (including phenoxy) is 3. The molecular formula is C26H33N3O4. The van der Waals surface area contributed by atoms with Crippen molar-refractivity contribution in [2.75, 3.05) is 57.9 Å². The Bertz CT molecular complexity index is 982. The molecule has 0 bridgehead atoms. The number of hydrogen-bond donors (Lipinski definition) is 1. The van der Waals surface area contributed by atoms with Crippen LogP contribution in [0.2, 0.25) is 0 Å². The second-order valence-corrected chi connectivity index (χ2v) is 8.18. The molecule has 1 saturated heterocycles. The van der Waals surface area contributed by atoms with Crippen LogP contribution in [0.1, 0.15) is 37.0 Å². The number of carbonyl (C=O) groups is 1. The molecule has 2 aliphatic rings. The number of fused-ring (bicyclic) bond motifs is 1. The number of hydrogen-bond acceptors (Lipinski definition) is 6. The van der Waals surface area contributed by atoms with Crippen molar-refractivity contribution in [2.45, 2.75) is 26.7 Å². The third-order valence-corrected chi connectivity index (χ3v) is 5.86. The highest BCUT2D eigenvalue weighted by molar-refractivity contribution is 6.19. The van der Waals surface area contributed by atoms with E-state index in [4.69, 9.17) is 14.2 Å². The summed E-state index contributed by atoms with van der Waals surface area (Å²) in [6, 6.07) is 12.3. The quantitative estimate of drug-likeness (QED) is 0.631. The van der Waals surface area contributed by atoms with Gasteiger partial charge < -0.3 is 19.5 Å². The van der Waals surface area contributed by atoms with E-state index in [0.29, 0.717) is 30.4 Å². The Morgan fingerprint density at radius 3 is 2.42 bits per heavy atom. The first-order valence-corrected chi connectivity index (χ1v) is 11.9. The van der Waals surface area contributed by atoms with Gasteiger partial charge in [0.05, 0.1) is 37.8 Å². The van der Waals surface area contributed by atoms with Crippen molar-refractivity contribution < 1.29 is 19.0 Å². The van der Waals surface area contributed by atoms with Gasteiger partial charge in [-0.2, -0.15) is 0 Å². The van der Waals surface area contributed by atoms with E-state index in [1.54, 1.807) is 0 Å². The van der Waals surface area contributed by atoms with Crippen LogP contribution in [0.15, 0.2) is 41.4 Å². The predicted molar refractivity (Wildman–Crippen MR) is 130 cm³/mol. The minimum Gasteiger partial charge on any atom is -0.490 e. The standard InChI is InChI=1S/C26H33N3O4/c1-3-32-23-16-21-22(17-24(23)33-4-2)28-25(30)18-27-26(21)20-9-7-19(8-10-20)6-5-11-29-12-14-31-15-13-29/h7-10,16-17H,3-6,11-15,18H2,1-2H3,(H,28,30). The molecular weight excluding hydrogens is 418 g/mol. The van der Waals surface area contributed by atoms with Gasteiger partial charge in [-0.15, -0.1) is 0 Å². The summed E-state index contributed by atoms with van der Waals surface area (Å²) in [4.78, 5) is 19.4. The first-order valence-electron chi connectivity index (χ1n) is 11.9. The summed E-state index contributed by atoms with van der Waals surface area (Å²) < 4.78 is 17.0. The van der Waals surface area contributed by atoms with E-state index >= 15 is 0 Å². The lowest BCUT2D eigenvalue weighted by Crippen LogP contribution is -2.36. The van der Waals surface area contributed by atoms with Gasteiger partial charge in [-0.25, -0.2) is 0 Å². The number of amides is 1. The molecule has 0 aliphatic carbocycles. The van der Waals surface area contributed by atoms with Crippen LogP contribution in [0.4, 0.5) is 5.69 Å². The fraction of sp³-hybridized carbons (Fsp3) is 0.462. The fourth-order valence-corrected chi connectivity index (χ4v) is 4.23. The van der Waals surface area contributed by atoms with Crippen LogP contribution in [0.3, 0.4) is 0 Å². The molecule has 33 heavy (non-hydrogen) atoms. The average Bonchev–Trinajstić information content (AvgIpc) is 2.99. The molecule has 2 heterocycles. The van der Waals surface area contributed by atoms with Crippen molar-refractivity contribution in [3.8, 4) is 11.5 Å². The van der Waals surface area contributed by atoms with E-state index in [0.717, 1.165) is 62.5 Å². The molecule has 2 aliphatic heterocycles. The Morgan fingerprint density at radius 2 is 1.73 bits per heavy atom. The van der Waals surface area contributed by atoms with Gasteiger partial charge in [0.15, 0.2) is 11.5 Å². The molecule has 1 fully saturated rings. The van der Waals surface area contributed by atoms with Gasteiger partial charge in [0, 0.05) is 30.3 Å².